The van der Waals surface area contributed by atoms with Gasteiger partial charge in [-0.2, -0.15) is 0 Å². The van der Waals surface area contributed by atoms with Gasteiger partial charge in [-0.15, -0.1) is 0 Å². The molecule has 31 heavy (non-hydrogen) atoms. The Labute approximate surface area is 194 Å². The summed E-state index contributed by atoms with van der Waals surface area (Å²) >= 11 is 6.42. The molecule has 3 nitrogen and oxygen atoms in total. The van der Waals surface area contributed by atoms with Crippen LogP contribution in [0.4, 0.5) is 0 Å². The van der Waals surface area contributed by atoms with Crippen molar-refractivity contribution in [3.05, 3.63) is 34.3 Å². The zero-order valence-corrected chi connectivity index (χ0v) is 20.3. The van der Waals surface area contributed by atoms with Crippen molar-refractivity contribution in [2.45, 2.75) is 90.5 Å². The van der Waals surface area contributed by atoms with Crippen molar-refractivity contribution >= 4 is 17.5 Å². The predicted octanol–water partition coefficient (Wildman–Crippen LogP) is 6.39. The Kier molecular flexibility index (Phi) is 7.64. The normalized spacial score (nSPS) is 29.8. The van der Waals surface area contributed by atoms with Gasteiger partial charge >= 0.3 is 0 Å². The van der Waals surface area contributed by atoms with E-state index in [4.69, 9.17) is 11.6 Å². The molecule has 0 radical (unpaired) electrons. The Balaban J connectivity index is 1.27. The summed E-state index contributed by atoms with van der Waals surface area (Å²) in [4.78, 5) is 13.0. The van der Waals surface area contributed by atoms with Crippen LogP contribution >= 0.6 is 11.6 Å². The minimum absolute atomic E-state index is 0.00825. The Hall–Kier alpha value is -1.06. The van der Waals surface area contributed by atoms with E-state index in [0.717, 1.165) is 43.7 Å². The highest BCUT2D eigenvalue weighted by Gasteiger charge is 2.50. The summed E-state index contributed by atoms with van der Waals surface area (Å²) in [7, 11) is 0. The van der Waals surface area contributed by atoms with Crippen LogP contribution in [0.25, 0.3) is 0 Å². The van der Waals surface area contributed by atoms with Crippen molar-refractivity contribution < 1.29 is 4.79 Å². The molecule has 4 aliphatic carbocycles. The van der Waals surface area contributed by atoms with Gasteiger partial charge in [-0.05, 0) is 112 Å². The number of hydrogen-bond donors (Lipinski definition) is 2. The van der Waals surface area contributed by atoms with E-state index in [9.17, 15) is 4.79 Å². The number of benzene rings is 1. The van der Waals surface area contributed by atoms with Crippen molar-refractivity contribution in [1.82, 2.24) is 10.6 Å². The van der Waals surface area contributed by atoms with Crippen LogP contribution in [0.3, 0.4) is 0 Å². The third-order valence-electron chi connectivity index (χ3n) is 8.19. The van der Waals surface area contributed by atoms with Crippen molar-refractivity contribution in [3.63, 3.8) is 0 Å². The van der Waals surface area contributed by atoms with Gasteiger partial charge in [0.1, 0.15) is 0 Å². The fourth-order valence-electron chi connectivity index (χ4n) is 7.02. The third kappa shape index (κ3) is 5.85. The average Bonchev–Trinajstić information content (AvgIpc) is 2.74. The van der Waals surface area contributed by atoms with E-state index in [-0.39, 0.29) is 5.91 Å². The van der Waals surface area contributed by atoms with E-state index in [1.807, 2.05) is 12.1 Å². The summed E-state index contributed by atoms with van der Waals surface area (Å²) in [5.74, 6) is 2.74. The van der Waals surface area contributed by atoms with Crippen LogP contribution in [0.15, 0.2) is 18.2 Å². The number of amides is 1. The second kappa shape index (κ2) is 10.3. The number of unbranched alkanes of at least 4 members (excludes halogenated alkanes) is 1. The smallest absolute Gasteiger partial charge is 0.252 e. The second-order valence-electron chi connectivity index (χ2n) is 11.0. The number of halogens is 1. The number of carbonyl (C=O) groups is 1. The summed E-state index contributed by atoms with van der Waals surface area (Å²) in [6.45, 7) is 6.35. The maximum Gasteiger partial charge on any atom is 0.252 e. The maximum atomic E-state index is 13.0. The topological polar surface area (TPSA) is 41.1 Å². The highest BCUT2D eigenvalue weighted by atomic mass is 35.5. The molecule has 1 aromatic carbocycles. The zero-order chi connectivity index (χ0) is 21.8. The van der Waals surface area contributed by atoms with E-state index < -0.39 is 0 Å². The minimum Gasteiger partial charge on any atom is -0.351 e. The lowest BCUT2D eigenvalue weighted by atomic mass is 9.49. The number of nitrogens with one attached hydrogen (secondary N) is 2. The zero-order valence-electron chi connectivity index (χ0n) is 19.5. The largest absolute Gasteiger partial charge is 0.351 e. The third-order valence-corrected chi connectivity index (χ3v) is 8.52. The molecule has 0 saturated heterocycles. The molecule has 0 aliphatic heterocycles. The van der Waals surface area contributed by atoms with E-state index in [1.54, 1.807) is 0 Å². The standard InChI is InChI=1S/C27H41ClN2O/c1-3-4-6-19(2)29-10-5-7-20-8-9-25(28)24(14-20)26(31)30-18-27-15-21-11-22(16-27)13-23(12-21)17-27/h8-9,14,19,21-23,29H,3-7,10-13,15-18H2,1-2H3,(H,30,31). The van der Waals surface area contributed by atoms with Crippen LogP contribution in [-0.4, -0.2) is 25.0 Å². The second-order valence-corrected chi connectivity index (χ2v) is 11.4. The molecular formula is C27H41ClN2O. The highest BCUT2D eigenvalue weighted by Crippen LogP contribution is 2.59. The van der Waals surface area contributed by atoms with Crippen LogP contribution < -0.4 is 10.6 Å². The van der Waals surface area contributed by atoms with Crippen LogP contribution in [0.5, 0.6) is 0 Å². The number of rotatable bonds is 11. The Morgan fingerprint density at radius 2 is 1.81 bits per heavy atom. The molecule has 1 unspecified atom stereocenters. The van der Waals surface area contributed by atoms with E-state index in [0.29, 0.717) is 22.0 Å². The molecular weight excluding hydrogens is 404 g/mol. The predicted molar refractivity (Wildman–Crippen MR) is 130 cm³/mol. The maximum absolute atomic E-state index is 13.0. The van der Waals surface area contributed by atoms with Crippen molar-refractivity contribution in [3.8, 4) is 0 Å². The molecule has 1 atom stereocenters. The minimum atomic E-state index is 0.00825. The summed E-state index contributed by atoms with van der Waals surface area (Å²) < 4.78 is 0. The molecule has 0 spiro atoms. The molecule has 4 bridgehead atoms. The number of aryl methyl sites for hydroxylation is 1. The van der Waals surface area contributed by atoms with Gasteiger partial charge in [-0.1, -0.05) is 37.4 Å². The first-order valence-corrected chi connectivity index (χ1v) is 13.1. The van der Waals surface area contributed by atoms with Crippen molar-refractivity contribution in [1.29, 1.82) is 0 Å². The summed E-state index contributed by atoms with van der Waals surface area (Å²) in [6.07, 6.45) is 14.1. The Bertz CT molecular complexity index is 726. The van der Waals surface area contributed by atoms with Crippen molar-refractivity contribution in [2.24, 2.45) is 23.2 Å². The van der Waals surface area contributed by atoms with Crippen LogP contribution in [-0.2, 0) is 6.42 Å². The lowest BCUT2D eigenvalue weighted by Crippen LogP contribution is -2.51. The molecule has 172 valence electrons. The monoisotopic (exact) mass is 444 g/mol. The van der Waals surface area contributed by atoms with Gasteiger partial charge in [-0.3, -0.25) is 4.79 Å². The molecule has 0 aromatic heterocycles. The Morgan fingerprint density at radius 1 is 1.13 bits per heavy atom. The van der Waals surface area contributed by atoms with Crippen molar-refractivity contribution in [2.75, 3.05) is 13.1 Å². The molecule has 4 aliphatic rings. The van der Waals surface area contributed by atoms with E-state index >= 15 is 0 Å². The van der Waals surface area contributed by atoms with Gasteiger partial charge in [0, 0.05) is 12.6 Å². The Morgan fingerprint density at radius 3 is 2.45 bits per heavy atom. The highest BCUT2D eigenvalue weighted by molar-refractivity contribution is 6.33. The molecule has 4 saturated carbocycles. The molecule has 4 fully saturated rings. The molecule has 1 amide bonds. The first kappa shape index (κ1) is 23.1. The first-order valence-electron chi connectivity index (χ1n) is 12.8. The molecule has 1 aromatic rings. The van der Waals surface area contributed by atoms with Gasteiger partial charge in [0.2, 0.25) is 0 Å². The summed E-state index contributed by atoms with van der Waals surface area (Å²) in [6, 6.07) is 6.56. The van der Waals surface area contributed by atoms with E-state index in [2.05, 4.69) is 30.5 Å². The molecule has 5 rings (SSSR count). The average molecular weight is 445 g/mol. The van der Waals surface area contributed by atoms with E-state index in [1.165, 1.54) is 63.4 Å². The quantitative estimate of drug-likeness (QED) is 0.388. The van der Waals surface area contributed by atoms with Gasteiger partial charge in [0.05, 0.1) is 10.6 Å². The van der Waals surface area contributed by atoms with Gasteiger partial charge in [0.25, 0.3) is 5.91 Å². The number of carbonyl (C=O) groups excluding carboxylic acids is 1. The number of hydrogen-bond acceptors (Lipinski definition) is 2. The summed E-state index contributed by atoms with van der Waals surface area (Å²) in [5, 5.41) is 7.47. The molecule has 4 heteroatoms. The lowest BCUT2D eigenvalue weighted by molar-refractivity contribution is -0.0503. The fourth-order valence-corrected chi connectivity index (χ4v) is 7.23. The van der Waals surface area contributed by atoms with Gasteiger partial charge in [0.15, 0.2) is 0 Å². The SMILES string of the molecule is CCCCC(C)NCCCc1ccc(Cl)c(C(=O)NCC23CC4CC(CC(C4)C2)C3)c1. The molecule has 0 heterocycles. The first-order chi connectivity index (χ1) is 15.0. The molecule has 2 N–H and O–H groups in total. The lowest BCUT2D eigenvalue weighted by Gasteiger charge is -2.56. The fraction of sp³-hybridized carbons (Fsp3) is 0.741. The van der Waals surface area contributed by atoms with Crippen LogP contribution in [0.2, 0.25) is 5.02 Å². The van der Waals surface area contributed by atoms with Crippen LogP contribution in [0.1, 0.15) is 94.0 Å². The van der Waals surface area contributed by atoms with Gasteiger partial charge in [-0.25, -0.2) is 0 Å². The van der Waals surface area contributed by atoms with Crippen LogP contribution in [0, 0.1) is 23.2 Å². The summed E-state index contributed by atoms with van der Waals surface area (Å²) in [5.41, 5.74) is 2.20. The van der Waals surface area contributed by atoms with Gasteiger partial charge < -0.3 is 10.6 Å².